The van der Waals surface area contributed by atoms with E-state index in [1.165, 1.54) is 38.2 Å². The van der Waals surface area contributed by atoms with E-state index in [2.05, 4.69) is 163 Å². The molecule has 0 unspecified atom stereocenters. The summed E-state index contributed by atoms with van der Waals surface area (Å²) in [7, 11) is 0. The van der Waals surface area contributed by atoms with Crippen LogP contribution in [0.15, 0.2) is 187 Å². The minimum Gasteiger partial charge on any atom is -0.456 e. The van der Waals surface area contributed by atoms with Crippen molar-refractivity contribution in [2.24, 2.45) is 0 Å². The van der Waals surface area contributed by atoms with Gasteiger partial charge in [0.05, 0.1) is 16.6 Å². The Labute approximate surface area is 289 Å². The number of fused-ring (bicyclic) bond motifs is 6. The Balaban J connectivity index is 1.23. The van der Waals surface area contributed by atoms with Gasteiger partial charge in [0.25, 0.3) is 0 Å². The highest BCUT2D eigenvalue weighted by molar-refractivity contribution is 6.21. The summed E-state index contributed by atoms with van der Waals surface area (Å²) in [6, 6.07) is 62.7. The summed E-state index contributed by atoms with van der Waals surface area (Å²) in [6.07, 6.45) is 1.85. The Hall–Kier alpha value is -6.71. The summed E-state index contributed by atoms with van der Waals surface area (Å²) >= 11 is 0. The molecule has 3 heteroatoms. The first kappa shape index (κ1) is 28.3. The molecule has 2 aromatic heterocycles. The predicted molar refractivity (Wildman–Crippen MR) is 210 cm³/mol. The SMILES string of the molecule is c1cc(-c2ccc3ccccc3c2)cc(N(c2ccc(-c3cccc4ccccc34)cc2)c2c3cccnc3cc3oc4ccccc4c23)c1. The fourth-order valence-corrected chi connectivity index (χ4v) is 7.50. The highest BCUT2D eigenvalue weighted by atomic mass is 16.3. The van der Waals surface area contributed by atoms with Gasteiger partial charge in [-0.25, -0.2) is 0 Å². The molecule has 0 radical (unpaired) electrons. The van der Waals surface area contributed by atoms with Crippen molar-refractivity contribution >= 4 is 71.4 Å². The molecule has 0 N–H and O–H groups in total. The second-order valence-corrected chi connectivity index (χ2v) is 12.8. The molecule has 2 heterocycles. The summed E-state index contributed by atoms with van der Waals surface area (Å²) < 4.78 is 6.51. The largest absolute Gasteiger partial charge is 0.456 e. The van der Waals surface area contributed by atoms with Gasteiger partial charge in [0.2, 0.25) is 0 Å². The molecule has 0 aliphatic heterocycles. The molecule has 0 spiro atoms. The van der Waals surface area contributed by atoms with Crippen LogP contribution in [-0.4, -0.2) is 4.98 Å². The zero-order valence-electron chi connectivity index (χ0n) is 27.1. The molecule has 8 aromatic carbocycles. The van der Waals surface area contributed by atoms with Gasteiger partial charge < -0.3 is 9.32 Å². The molecule has 0 fully saturated rings. The molecule has 0 bridgehead atoms. The highest BCUT2D eigenvalue weighted by Gasteiger charge is 2.23. The van der Waals surface area contributed by atoms with Crippen LogP contribution in [0.1, 0.15) is 0 Å². The summed E-state index contributed by atoms with van der Waals surface area (Å²) in [5.41, 5.74) is 10.4. The number of benzene rings is 8. The summed E-state index contributed by atoms with van der Waals surface area (Å²) in [4.78, 5) is 7.20. The molecule has 10 aromatic rings. The van der Waals surface area contributed by atoms with E-state index >= 15 is 0 Å². The molecule has 0 aliphatic carbocycles. The van der Waals surface area contributed by atoms with Crippen LogP contribution >= 0.6 is 0 Å². The Morgan fingerprint density at radius 3 is 2.02 bits per heavy atom. The topological polar surface area (TPSA) is 29.3 Å². The third-order valence-corrected chi connectivity index (χ3v) is 9.86. The number of rotatable bonds is 5. The second kappa shape index (κ2) is 11.5. The minimum absolute atomic E-state index is 0.815. The Kier molecular flexibility index (Phi) is 6.49. The Morgan fingerprint density at radius 1 is 0.420 bits per heavy atom. The zero-order valence-corrected chi connectivity index (χ0v) is 27.1. The van der Waals surface area contributed by atoms with Crippen LogP contribution in [-0.2, 0) is 0 Å². The maximum absolute atomic E-state index is 6.51. The molecular formula is C47H30N2O. The number of furan rings is 1. The predicted octanol–water partition coefficient (Wildman–Crippen LogP) is 13.2. The van der Waals surface area contributed by atoms with Crippen molar-refractivity contribution < 1.29 is 4.42 Å². The molecule has 50 heavy (non-hydrogen) atoms. The first-order valence-corrected chi connectivity index (χ1v) is 17.0. The number of hydrogen-bond acceptors (Lipinski definition) is 3. The molecule has 0 saturated heterocycles. The second-order valence-electron chi connectivity index (χ2n) is 12.8. The van der Waals surface area contributed by atoms with Gasteiger partial charge >= 0.3 is 0 Å². The first-order chi connectivity index (χ1) is 24.8. The summed E-state index contributed by atoms with van der Waals surface area (Å²) in [5.74, 6) is 0. The smallest absolute Gasteiger partial charge is 0.139 e. The van der Waals surface area contributed by atoms with E-state index in [-0.39, 0.29) is 0 Å². The number of aromatic nitrogens is 1. The molecule has 0 atom stereocenters. The zero-order chi connectivity index (χ0) is 33.0. The van der Waals surface area contributed by atoms with E-state index in [0.29, 0.717) is 0 Å². The van der Waals surface area contributed by atoms with Crippen molar-refractivity contribution in [2.45, 2.75) is 0 Å². The number of pyridine rings is 1. The highest BCUT2D eigenvalue weighted by Crippen LogP contribution is 2.47. The Bertz CT molecular complexity index is 2880. The van der Waals surface area contributed by atoms with Crippen molar-refractivity contribution in [3.8, 4) is 22.3 Å². The number of anilines is 3. The van der Waals surface area contributed by atoms with Crippen molar-refractivity contribution in [1.29, 1.82) is 0 Å². The number of nitrogens with zero attached hydrogens (tertiary/aromatic N) is 2. The lowest BCUT2D eigenvalue weighted by atomic mass is 9.97. The lowest BCUT2D eigenvalue weighted by Crippen LogP contribution is -2.11. The normalized spacial score (nSPS) is 11.6. The van der Waals surface area contributed by atoms with Gasteiger partial charge in [0.1, 0.15) is 11.2 Å². The van der Waals surface area contributed by atoms with Gasteiger partial charge in [-0.1, -0.05) is 121 Å². The van der Waals surface area contributed by atoms with E-state index < -0.39 is 0 Å². The molecule has 0 amide bonds. The lowest BCUT2D eigenvalue weighted by molar-refractivity contribution is 0.669. The van der Waals surface area contributed by atoms with Gasteiger partial charge in [-0.2, -0.15) is 0 Å². The number of hydrogen-bond donors (Lipinski definition) is 0. The summed E-state index contributed by atoms with van der Waals surface area (Å²) in [5, 5.41) is 8.14. The van der Waals surface area contributed by atoms with E-state index in [1.807, 2.05) is 24.4 Å². The maximum Gasteiger partial charge on any atom is 0.139 e. The van der Waals surface area contributed by atoms with Crippen LogP contribution in [0.4, 0.5) is 17.1 Å². The van der Waals surface area contributed by atoms with Crippen LogP contribution in [0.2, 0.25) is 0 Å². The first-order valence-electron chi connectivity index (χ1n) is 17.0. The molecule has 234 valence electrons. The molecule has 10 rings (SSSR count). The standard InChI is InChI=1S/C47H30N2O/c1-2-12-34-28-36(22-21-31(34)10-1)35-14-7-15-38(29-35)49(37-25-23-33(24-26-37)40-18-8-13-32-11-3-4-16-39(32)40)47-41-19-9-27-48-43(41)30-45-46(47)42-17-5-6-20-44(42)50-45/h1-30H. The monoisotopic (exact) mass is 638 g/mol. The van der Waals surface area contributed by atoms with Crippen LogP contribution in [0.5, 0.6) is 0 Å². The van der Waals surface area contributed by atoms with Gasteiger partial charge in [-0.15, -0.1) is 0 Å². The van der Waals surface area contributed by atoms with Crippen molar-refractivity contribution in [3.63, 3.8) is 0 Å². The van der Waals surface area contributed by atoms with Crippen molar-refractivity contribution in [1.82, 2.24) is 4.98 Å². The van der Waals surface area contributed by atoms with Gasteiger partial charge in [0, 0.05) is 34.4 Å². The van der Waals surface area contributed by atoms with Crippen LogP contribution < -0.4 is 4.90 Å². The van der Waals surface area contributed by atoms with Gasteiger partial charge in [-0.05, 0) is 92.3 Å². The average Bonchev–Trinajstić information content (AvgIpc) is 3.56. The third kappa shape index (κ3) is 4.63. The molecular weight excluding hydrogens is 609 g/mol. The maximum atomic E-state index is 6.51. The van der Waals surface area contributed by atoms with Crippen molar-refractivity contribution in [2.75, 3.05) is 4.90 Å². The van der Waals surface area contributed by atoms with Crippen molar-refractivity contribution in [3.05, 3.63) is 182 Å². The van der Waals surface area contributed by atoms with E-state index in [9.17, 15) is 0 Å². The lowest BCUT2D eigenvalue weighted by Gasteiger charge is -2.28. The van der Waals surface area contributed by atoms with Gasteiger partial charge in [-0.3, -0.25) is 4.98 Å². The molecule has 0 saturated carbocycles. The van der Waals surface area contributed by atoms with Crippen LogP contribution in [0, 0.1) is 0 Å². The van der Waals surface area contributed by atoms with Crippen LogP contribution in [0.25, 0.3) is 76.6 Å². The van der Waals surface area contributed by atoms with E-state index in [4.69, 9.17) is 9.40 Å². The molecule has 3 nitrogen and oxygen atoms in total. The Morgan fingerprint density at radius 2 is 1.12 bits per heavy atom. The third-order valence-electron chi connectivity index (χ3n) is 9.86. The fourth-order valence-electron chi connectivity index (χ4n) is 7.50. The van der Waals surface area contributed by atoms with Gasteiger partial charge in [0.15, 0.2) is 0 Å². The van der Waals surface area contributed by atoms with Crippen LogP contribution in [0.3, 0.4) is 0 Å². The molecule has 0 aliphatic rings. The number of para-hydroxylation sites is 1. The fraction of sp³-hybridized carbons (Fsp3) is 0. The quantitative estimate of drug-likeness (QED) is 0.188. The minimum atomic E-state index is 0.815. The average molecular weight is 639 g/mol. The van der Waals surface area contributed by atoms with E-state index in [1.54, 1.807) is 0 Å². The summed E-state index contributed by atoms with van der Waals surface area (Å²) in [6.45, 7) is 0. The van der Waals surface area contributed by atoms with E-state index in [0.717, 1.165) is 55.5 Å².